The molecule has 2 aromatic rings. The number of aliphatic hydroxyl groups is 1. The minimum absolute atomic E-state index is 0.0584. The molecule has 0 aliphatic carbocycles. The number of aromatic hydroxyl groups is 1. The first-order valence-corrected chi connectivity index (χ1v) is 5.83. The predicted molar refractivity (Wildman–Crippen MR) is 69.6 cm³/mol. The van der Waals surface area contributed by atoms with Gasteiger partial charge in [0.15, 0.2) is 5.69 Å². The van der Waals surface area contributed by atoms with E-state index in [-0.39, 0.29) is 18.1 Å². The lowest BCUT2D eigenvalue weighted by Crippen LogP contribution is -2.31. The number of carbonyl (C=O) groups excluding carboxylic acids is 1. The molecule has 98 valence electrons. The van der Waals surface area contributed by atoms with Crippen LogP contribution in [0.4, 0.5) is 0 Å². The maximum absolute atomic E-state index is 12.0. The molecule has 3 N–H and O–H groups in total. The molecule has 0 unspecified atom stereocenters. The Kier molecular flexibility index (Phi) is 4.10. The first-order valence-electron chi connectivity index (χ1n) is 5.83. The van der Waals surface area contributed by atoms with Crippen LogP contribution in [0.25, 0.3) is 0 Å². The summed E-state index contributed by atoms with van der Waals surface area (Å²) in [6.07, 6.45) is 1.42. The van der Waals surface area contributed by atoms with Gasteiger partial charge in [-0.1, -0.05) is 30.3 Å². The Balaban J connectivity index is 2.16. The van der Waals surface area contributed by atoms with E-state index in [1.54, 1.807) is 12.1 Å². The average Bonchev–Trinajstić information content (AvgIpc) is 2.46. The van der Waals surface area contributed by atoms with Gasteiger partial charge in [0, 0.05) is 6.20 Å². The number of aliphatic hydroxyl groups excluding tert-OH is 1. The fourth-order valence-corrected chi connectivity index (χ4v) is 1.72. The lowest BCUT2D eigenvalue weighted by molar-refractivity contribution is 0.0908. The smallest absolute Gasteiger partial charge is 0.274 e. The second kappa shape index (κ2) is 5.97. The molecule has 0 spiro atoms. The molecule has 0 bridgehead atoms. The molecule has 19 heavy (non-hydrogen) atoms. The Morgan fingerprint density at radius 2 is 1.95 bits per heavy atom. The summed E-state index contributed by atoms with van der Waals surface area (Å²) in [7, 11) is 0. The van der Waals surface area contributed by atoms with Crippen LogP contribution in [0.15, 0.2) is 48.7 Å². The summed E-state index contributed by atoms with van der Waals surface area (Å²) in [5.74, 6) is -0.717. The third-order valence-corrected chi connectivity index (χ3v) is 2.69. The van der Waals surface area contributed by atoms with Gasteiger partial charge in [-0.15, -0.1) is 0 Å². The molecular weight excluding hydrogens is 244 g/mol. The van der Waals surface area contributed by atoms with Crippen LogP contribution in [0, 0.1) is 0 Å². The van der Waals surface area contributed by atoms with Crippen molar-refractivity contribution in [2.75, 3.05) is 6.61 Å². The number of hydrogen-bond acceptors (Lipinski definition) is 4. The van der Waals surface area contributed by atoms with E-state index >= 15 is 0 Å². The molecule has 1 atom stereocenters. The van der Waals surface area contributed by atoms with Crippen molar-refractivity contribution >= 4 is 5.91 Å². The number of benzene rings is 1. The summed E-state index contributed by atoms with van der Waals surface area (Å²) in [5.41, 5.74) is 0.727. The zero-order valence-corrected chi connectivity index (χ0v) is 10.2. The Hall–Kier alpha value is -2.40. The summed E-state index contributed by atoms with van der Waals surface area (Å²) in [5, 5.41) is 21.5. The highest BCUT2D eigenvalue weighted by atomic mass is 16.3. The van der Waals surface area contributed by atoms with E-state index in [0.717, 1.165) is 5.56 Å². The van der Waals surface area contributed by atoms with Crippen molar-refractivity contribution in [3.63, 3.8) is 0 Å². The van der Waals surface area contributed by atoms with Crippen LogP contribution in [0.5, 0.6) is 5.75 Å². The van der Waals surface area contributed by atoms with Crippen molar-refractivity contribution in [2.45, 2.75) is 6.04 Å². The summed E-state index contributed by atoms with van der Waals surface area (Å²) in [6, 6.07) is 11.5. The molecule has 0 aliphatic heterocycles. The molecule has 5 heteroatoms. The van der Waals surface area contributed by atoms with Gasteiger partial charge < -0.3 is 15.5 Å². The van der Waals surface area contributed by atoms with Gasteiger partial charge in [-0.3, -0.25) is 4.79 Å². The van der Waals surface area contributed by atoms with Gasteiger partial charge in [-0.2, -0.15) is 0 Å². The molecule has 0 saturated carbocycles. The monoisotopic (exact) mass is 258 g/mol. The van der Waals surface area contributed by atoms with Crippen molar-refractivity contribution < 1.29 is 15.0 Å². The van der Waals surface area contributed by atoms with Gasteiger partial charge in [-0.05, 0) is 17.7 Å². The number of amides is 1. The van der Waals surface area contributed by atoms with Crippen molar-refractivity contribution in [3.05, 3.63) is 59.9 Å². The third kappa shape index (κ3) is 3.08. The Morgan fingerprint density at radius 3 is 2.58 bits per heavy atom. The SMILES string of the molecule is O=C(N[C@@H](CO)c1ccccc1)c1ncccc1O. The van der Waals surface area contributed by atoms with Crippen molar-refractivity contribution in [1.29, 1.82) is 0 Å². The summed E-state index contributed by atoms with van der Waals surface area (Å²) in [4.78, 5) is 15.8. The fourth-order valence-electron chi connectivity index (χ4n) is 1.72. The number of hydrogen-bond donors (Lipinski definition) is 3. The lowest BCUT2D eigenvalue weighted by Gasteiger charge is -2.16. The molecular formula is C14H14N2O3. The molecule has 2 rings (SSSR count). The molecule has 0 aliphatic rings. The largest absolute Gasteiger partial charge is 0.505 e. The number of carbonyl (C=O) groups is 1. The number of nitrogens with zero attached hydrogens (tertiary/aromatic N) is 1. The molecule has 0 fully saturated rings. The number of pyridine rings is 1. The van der Waals surface area contributed by atoms with Crippen LogP contribution in [0.3, 0.4) is 0 Å². The molecule has 0 radical (unpaired) electrons. The third-order valence-electron chi connectivity index (χ3n) is 2.69. The maximum Gasteiger partial charge on any atom is 0.274 e. The normalized spacial score (nSPS) is 11.8. The minimum Gasteiger partial charge on any atom is -0.505 e. The summed E-state index contributed by atoms with van der Waals surface area (Å²) < 4.78 is 0. The van der Waals surface area contributed by atoms with Crippen LogP contribution in [-0.2, 0) is 0 Å². The van der Waals surface area contributed by atoms with Gasteiger partial charge in [0.1, 0.15) is 5.75 Å². The van der Waals surface area contributed by atoms with Crippen LogP contribution in [0.1, 0.15) is 22.1 Å². The molecule has 1 aromatic heterocycles. The van der Waals surface area contributed by atoms with E-state index in [2.05, 4.69) is 10.3 Å². The molecule has 0 saturated heterocycles. The van der Waals surface area contributed by atoms with Crippen molar-refractivity contribution in [2.24, 2.45) is 0 Å². The van der Waals surface area contributed by atoms with Gasteiger partial charge >= 0.3 is 0 Å². The second-order valence-corrected chi connectivity index (χ2v) is 3.99. The highest BCUT2D eigenvalue weighted by molar-refractivity contribution is 5.94. The van der Waals surface area contributed by atoms with Gasteiger partial charge in [0.05, 0.1) is 12.6 Å². The lowest BCUT2D eigenvalue weighted by atomic mass is 10.1. The van der Waals surface area contributed by atoms with E-state index in [4.69, 9.17) is 0 Å². The summed E-state index contributed by atoms with van der Waals surface area (Å²) in [6.45, 7) is -0.233. The van der Waals surface area contributed by atoms with Gasteiger partial charge in [0.25, 0.3) is 5.91 Å². The number of rotatable bonds is 4. The van der Waals surface area contributed by atoms with Gasteiger partial charge in [0.2, 0.25) is 0 Å². The van der Waals surface area contributed by atoms with E-state index in [9.17, 15) is 15.0 Å². The van der Waals surface area contributed by atoms with Gasteiger partial charge in [-0.25, -0.2) is 4.98 Å². The molecule has 1 amide bonds. The minimum atomic E-state index is -0.532. The highest BCUT2D eigenvalue weighted by Gasteiger charge is 2.17. The second-order valence-electron chi connectivity index (χ2n) is 3.99. The molecule has 1 aromatic carbocycles. The summed E-state index contributed by atoms with van der Waals surface area (Å²) >= 11 is 0. The van der Waals surface area contributed by atoms with Crippen LogP contribution < -0.4 is 5.32 Å². The van der Waals surface area contributed by atoms with E-state index in [0.29, 0.717) is 0 Å². The number of aromatic nitrogens is 1. The maximum atomic E-state index is 12.0. The molecule has 5 nitrogen and oxygen atoms in total. The number of nitrogens with one attached hydrogen (secondary N) is 1. The van der Waals surface area contributed by atoms with Crippen molar-refractivity contribution in [3.8, 4) is 5.75 Å². The quantitative estimate of drug-likeness (QED) is 0.770. The van der Waals surface area contributed by atoms with Crippen molar-refractivity contribution in [1.82, 2.24) is 10.3 Å². The van der Waals surface area contributed by atoms with E-state index < -0.39 is 11.9 Å². The predicted octanol–water partition coefficient (Wildman–Crippen LogP) is 1.25. The first-order chi connectivity index (χ1) is 9.22. The van der Waals surface area contributed by atoms with E-state index in [1.807, 2.05) is 18.2 Å². The highest BCUT2D eigenvalue weighted by Crippen LogP contribution is 2.16. The van der Waals surface area contributed by atoms with Crippen LogP contribution in [-0.4, -0.2) is 27.7 Å². The first kappa shape index (κ1) is 13.0. The topological polar surface area (TPSA) is 82.5 Å². The Morgan fingerprint density at radius 1 is 1.21 bits per heavy atom. The average molecular weight is 258 g/mol. The standard InChI is InChI=1S/C14H14N2O3/c17-9-11(10-5-2-1-3-6-10)16-14(19)13-12(18)7-4-8-15-13/h1-8,11,17-18H,9H2,(H,16,19)/t11-/m0/s1. The van der Waals surface area contributed by atoms with Crippen LogP contribution >= 0.6 is 0 Å². The Labute approximate surface area is 110 Å². The Bertz CT molecular complexity index is 558. The zero-order chi connectivity index (χ0) is 13.7. The van der Waals surface area contributed by atoms with E-state index in [1.165, 1.54) is 18.3 Å². The zero-order valence-electron chi connectivity index (χ0n) is 10.2. The molecule has 1 heterocycles. The fraction of sp³-hybridized carbons (Fsp3) is 0.143. The van der Waals surface area contributed by atoms with Crippen LogP contribution in [0.2, 0.25) is 0 Å².